The molecule has 0 N–H and O–H groups in total. The van der Waals surface area contributed by atoms with Crippen LogP contribution in [0.15, 0.2) is 60.9 Å². The number of carbonyl (C=O) groups is 1. The van der Waals surface area contributed by atoms with Crippen molar-refractivity contribution in [2.75, 3.05) is 20.2 Å². The highest BCUT2D eigenvalue weighted by atomic mass is 16.6. The van der Waals surface area contributed by atoms with Crippen molar-refractivity contribution in [2.45, 2.75) is 72.6 Å². The van der Waals surface area contributed by atoms with Crippen molar-refractivity contribution in [3.63, 3.8) is 0 Å². The molecule has 0 unspecified atom stereocenters. The Morgan fingerprint density at radius 2 is 1.71 bits per heavy atom. The minimum absolute atomic E-state index is 0.186. The van der Waals surface area contributed by atoms with Gasteiger partial charge in [0.2, 0.25) is 0 Å². The van der Waals surface area contributed by atoms with Gasteiger partial charge in [-0.25, -0.2) is 9.78 Å². The predicted molar refractivity (Wildman–Crippen MR) is 177 cm³/mol. The number of carbonyl (C=O) groups excluding carboxylic acids is 1. The number of hydrogen-bond donors (Lipinski definition) is 0. The molecule has 1 aliphatic rings. The summed E-state index contributed by atoms with van der Waals surface area (Å²) in [5.41, 5.74) is 9.85. The number of piperidine rings is 1. The molecule has 0 saturated carbocycles. The summed E-state index contributed by atoms with van der Waals surface area (Å²) in [5.74, 6) is 0.824. The molecule has 5 aromatic rings. The maximum atomic E-state index is 12.6. The minimum atomic E-state index is -0.505. The summed E-state index contributed by atoms with van der Waals surface area (Å²) < 4.78 is 15.0. The van der Waals surface area contributed by atoms with E-state index in [-0.39, 0.29) is 12.1 Å². The number of likely N-dealkylation sites (tertiary alicyclic amines) is 1. The first-order valence-corrected chi connectivity index (χ1v) is 15.6. The number of nitrogens with zero attached hydrogens (tertiary/aromatic N) is 6. The van der Waals surface area contributed by atoms with Gasteiger partial charge in [0.1, 0.15) is 22.6 Å². The van der Waals surface area contributed by atoms with Gasteiger partial charge in [-0.1, -0.05) is 30.3 Å². The number of benzene rings is 2. The Kier molecular flexibility index (Phi) is 8.12. The highest BCUT2D eigenvalue weighted by Gasteiger charge is 2.28. The summed E-state index contributed by atoms with van der Waals surface area (Å²) in [6, 6.07) is 16.8. The van der Waals surface area contributed by atoms with Crippen LogP contribution in [0, 0.1) is 20.8 Å². The summed E-state index contributed by atoms with van der Waals surface area (Å²) in [6.07, 6.45) is 5.32. The Morgan fingerprint density at radius 1 is 0.978 bits per heavy atom. The number of amides is 1. The van der Waals surface area contributed by atoms with Gasteiger partial charge in [0.15, 0.2) is 0 Å². The van der Waals surface area contributed by atoms with Gasteiger partial charge in [-0.3, -0.25) is 9.36 Å². The lowest BCUT2D eigenvalue weighted by Crippen LogP contribution is -2.42. The van der Waals surface area contributed by atoms with Gasteiger partial charge >= 0.3 is 6.09 Å². The molecule has 0 atom stereocenters. The van der Waals surface area contributed by atoms with Crippen molar-refractivity contribution in [2.24, 2.45) is 0 Å². The van der Waals surface area contributed by atoms with Crippen molar-refractivity contribution in [3.05, 3.63) is 83.2 Å². The molecule has 9 heteroatoms. The zero-order valence-electron chi connectivity index (χ0n) is 27.3. The van der Waals surface area contributed by atoms with Gasteiger partial charge in [-0.15, -0.1) is 0 Å². The van der Waals surface area contributed by atoms with Crippen molar-refractivity contribution >= 4 is 17.1 Å². The Hall–Kier alpha value is -4.66. The van der Waals surface area contributed by atoms with E-state index in [4.69, 9.17) is 24.7 Å². The monoisotopic (exact) mass is 606 g/mol. The molecule has 1 amide bonds. The van der Waals surface area contributed by atoms with Gasteiger partial charge in [0.05, 0.1) is 37.1 Å². The SMILES string of the molecule is COc1ccc(Cn2nc(-c3cnn(C4CCN(C(=O)OC(C)(C)C)CC4)c3)c3nc(-c4cccc(C)c4C)c(C)cc32)cc1. The van der Waals surface area contributed by atoms with Crippen LogP contribution in [-0.2, 0) is 11.3 Å². The van der Waals surface area contributed by atoms with E-state index in [1.165, 1.54) is 11.1 Å². The molecule has 45 heavy (non-hydrogen) atoms. The first kappa shape index (κ1) is 30.4. The van der Waals surface area contributed by atoms with Gasteiger partial charge in [-0.2, -0.15) is 10.2 Å². The number of aryl methyl sites for hydroxylation is 2. The maximum Gasteiger partial charge on any atom is 0.410 e. The smallest absolute Gasteiger partial charge is 0.410 e. The van der Waals surface area contributed by atoms with Gasteiger partial charge in [0, 0.05) is 30.4 Å². The first-order chi connectivity index (χ1) is 21.5. The highest BCUT2D eigenvalue weighted by molar-refractivity contribution is 5.92. The zero-order chi connectivity index (χ0) is 31.9. The second-order valence-corrected chi connectivity index (χ2v) is 13.0. The third-order valence-electron chi connectivity index (χ3n) is 8.63. The van der Waals surface area contributed by atoms with E-state index in [9.17, 15) is 4.79 Å². The number of hydrogen-bond acceptors (Lipinski definition) is 6. The molecule has 9 nitrogen and oxygen atoms in total. The Bertz CT molecular complexity index is 1840. The third-order valence-corrected chi connectivity index (χ3v) is 8.63. The van der Waals surface area contributed by atoms with Crippen LogP contribution in [0.5, 0.6) is 5.75 Å². The van der Waals surface area contributed by atoms with Crippen LogP contribution in [0.25, 0.3) is 33.5 Å². The van der Waals surface area contributed by atoms with E-state index in [0.29, 0.717) is 19.6 Å². The van der Waals surface area contributed by atoms with Gasteiger partial charge in [0.25, 0.3) is 0 Å². The summed E-state index contributed by atoms with van der Waals surface area (Å²) >= 11 is 0. The molecule has 3 aromatic heterocycles. The fraction of sp³-hybridized carbons (Fsp3) is 0.389. The van der Waals surface area contributed by atoms with Crippen molar-refractivity contribution in [3.8, 4) is 28.3 Å². The zero-order valence-corrected chi connectivity index (χ0v) is 27.3. The van der Waals surface area contributed by atoms with E-state index in [1.54, 1.807) is 12.0 Å². The molecule has 4 heterocycles. The standard InChI is InChI=1S/C36H42N6O3/c1-23-9-8-10-30(25(23)3)32-24(2)19-31-34(38-32)33(39-42(31)21-26-11-13-29(44-7)14-12-26)27-20-37-41(22-27)28-15-17-40(18-16-28)35(43)45-36(4,5)6/h8-14,19-20,22,28H,15-18,21H2,1-7H3. The van der Waals surface area contributed by atoms with Crippen LogP contribution in [0.4, 0.5) is 4.79 Å². The molecule has 2 aromatic carbocycles. The number of rotatable bonds is 6. The molecular formula is C36H42N6O3. The summed E-state index contributed by atoms with van der Waals surface area (Å²) in [6.45, 7) is 14.0. The Balaban J connectivity index is 1.35. The minimum Gasteiger partial charge on any atom is -0.497 e. The van der Waals surface area contributed by atoms with E-state index in [0.717, 1.165) is 63.3 Å². The average Bonchev–Trinajstić information content (AvgIpc) is 3.63. The molecule has 0 aliphatic carbocycles. The van der Waals surface area contributed by atoms with Crippen molar-refractivity contribution < 1.29 is 14.3 Å². The van der Waals surface area contributed by atoms with Gasteiger partial charge < -0.3 is 14.4 Å². The first-order valence-electron chi connectivity index (χ1n) is 15.6. The van der Waals surface area contributed by atoms with E-state index >= 15 is 0 Å². The lowest BCUT2D eigenvalue weighted by atomic mass is 9.97. The molecule has 1 aliphatic heterocycles. The van der Waals surface area contributed by atoms with Crippen LogP contribution in [0.3, 0.4) is 0 Å². The molecule has 234 valence electrons. The molecule has 0 bridgehead atoms. The van der Waals surface area contributed by atoms with Gasteiger partial charge in [-0.05, 0) is 94.8 Å². The van der Waals surface area contributed by atoms with Crippen LogP contribution in [0.1, 0.15) is 61.9 Å². The quantitative estimate of drug-likeness (QED) is 0.199. The summed E-state index contributed by atoms with van der Waals surface area (Å²) in [4.78, 5) is 19.7. The number of methoxy groups -OCH3 is 1. The lowest BCUT2D eigenvalue weighted by Gasteiger charge is -2.33. The molecule has 6 rings (SSSR count). The van der Waals surface area contributed by atoms with E-state index < -0.39 is 5.60 Å². The summed E-state index contributed by atoms with van der Waals surface area (Å²) in [7, 11) is 1.68. The summed E-state index contributed by atoms with van der Waals surface area (Å²) in [5, 5.41) is 9.92. The van der Waals surface area contributed by atoms with E-state index in [2.05, 4.69) is 63.4 Å². The molecule has 1 fully saturated rings. The fourth-order valence-corrected chi connectivity index (χ4v) is 5.99. The molecule has 0 spiro atoms. The molecule has 0 radical (unpaired) electrons. The van der Waals surface area contributed by atoms with Crippen LogP contribution in [0.2, 0.25) is 0 Å². The second-order valence-electron chi connectivity index (χ2n) is 13.0. The Morgan fingerprint density at radius 3 is 2.40 bits per heavy atom. The van der Waals surface area contributed by atoms with Crippen LogP contribution >= 0.6 is 0 Å². The van der Waals surface area contributed by atoms with Crippen LogP contribution < -0.4 is 4.74 Å². The topological polar surface area (TPSA) is 87.3 Å². The molecule has 1 saturated heterocycles. The van der Waals surface area contributed by atoms with Crippen LogP contribution in [-0.4, -0.2) is 61.3 Å². The molecular weight excluding hydrogens is 564 g/mol. The number of ether oxygens (including phenoxy) is 2. The highest BCUT2D eigenvalue weighted by Crippen LogP contribution is 2.34. The normalized spacial score (nSPS) is 14.2. The maximum absolute atomic E-state index is 12.6. The number of pyridine rings is 1. The van der Waals surface area contributed by atoms with Crippen molar-refractivity contribution in [1.29, 1.82) is 0 Å². The largest absolute Gasteiger partial charge is 0.497 e. The Labute approximate surface area is 264 Å². The second kappa shape index (κ2) is 12.0. The fourth-order valence-electron chi connectivity index (χ4n) is 5.99. The van der Waals surface area contributed by atoms with E-state index in [1.807, 2.05) is 48.5 Å². The number of aromatic nitrogens is 5. The number of fused-ring (bicyclic) bond motifs is 1. The average molecular weight is 607 g/mol. The van der Waals surface area contributed by atoms with Crippen molar-refractivity contribution in [1.82, 2.24) is 29.4 Å². The third kappa shape index (κ3) is 6.30. The predicted octanol–water partition coefficient (Wildman–Crippen LogP) is 7.52. The lowest BCUT2D eigenvalue weighted by molar-refractivity contribution is 0.0185.